The van der Waals surface area contributed by atoms with Crippen LogP contribution in [0.4, 0.5) is 5.69 Å². The predicted octanol–water partition coefficient (Wildman–Crippen LogP) is 3.16. The van der Waals surface area contributed by atoms with Crippen LogP contribution >= 0.6 is 15.9 Å². The Kier molecular flexibility index (Phi) is 6.19. The van der Waals surface area contributed by atoms with Crippen LogP contribution in [0.3, 0.4) is 0 Å². The van der Waals surface area contributed by atoms with Crippen LogP contribution in [0.5, 0.6) is 0 Å². The summed E-state index contributed by atoms with van der Waals surface area (Å²) >= 11 is 3.32. The standard InChI is InChI=1S/C14H20BrNO2/c1-4-10-7-6-8-11(5-2)13(10)16-9-12(15)14(17)18-3/h6-8,12,16H,4-5,9H2,1-3H3. The average Bonchev–Trinajstić information content (AvgIpc) is 2.43. The van der Waals surface area contributed by atoms with Gasteiger partial charge in [0.25, 0.3) is 0 Å². The van der Waals surface area contributed by atoms with Gasteiger partial charge in [-0.2, -0.15) is 0 Å². The van der Waals surface area contributed by atoms with E-state index in [0.29, 0.717) is 6.54 Å². The molecule has 1 unspecified atom stereocenters. The number of aryl methyl sites for hydroxylation is 2. The van der Waals surface area contributed by atoms with Gasteiger partial charge in [-0.1, -0.05) is 48.0 Å². The molecule has 4 heteroatoms. The maximum absolute atomic E-state index is 11.3. The molecule has 0 aliphatic heterocycles. The van der Waals surface area contributed by atoms with Gasteiger partial charge in [-0.3, -0.25) is 4.79 Å². The third-order valence-corrected chi connectivity index (χ3v) is 3.61. The zero-order chi connectivity index (χ0) is 13.5. The third kappa shape index (κ3) is 3.73. The predicted molar refractivity (Wildman–Crippen MR) is 78.4 cm³/mol. The number of carbonyl (C=O) groups is 1. The minimum Gasteiger partial charge on any atom is -0.468 e. The van der Waals surface area contributed by atoms with Gasteiger partial charge in [0.2, 0.25) is 0 Å². The number of para-hydroxylation sites is 1. The van der Waals surface area contributed by atoms with Crippen molar-refractivity contribution in [1.29, 1.82) is 0 Å². The van der Waals surface area contributed by atoms with E-state index < -0.39 is 0 Å². The SMILES string of the molecule is CCc1cccc(CC)c1NCC(Br)C(=O)OC. The van der Waals surface area contributed by atoms with Crippen molar-refractivity contribution in [2.45, 2.75) is 31.5 Å². The van der Waals surface area contributed by atoms with E-state index in [1.54, 1.807) is 0 Å². The Bertz CT molecular complexity index is 385. The Hall–Kier alpha value is -1.03. The molecule has 100 valence electrons. The van der Waals surface area contributed by atoms with E-state index in [-0.39, 0.29) is 10.8 Å². The molecule has 0 bridgehead atoms. The molecule has 0 aromatic heterocycles. The molecule has 0 saturated carbocycles. The number of esters is 1. The van der Waals surface area contributed by atoms with E-state index >= 15 is 0 Å². The molecule has 0 fully saturated rings. The Balaban J connectivity index is 2.80. The fourth-order valence-corrected chi connectivity index (χ4v) is 2.22. The first-order valence-electron chi connectivity index (χ1n) is 6.20. The van der Waals surface area contributed by atoms with Crippen molar-refractivity contribution in [3.8, 4) is 0 Å². The smallest absolute Gasteiger partial charge is 0.321 e. The highest BCUT2D eigenvalue weighted by Gasteiger charge is 2.15. The van der Waals surface area contributed by atoms with Crippen molar-refractivity contribution in [3.05, 3.63) is 29.3 Å². The zero-order valence-corrected chi connectivity index (χ0v) is 12.7. The molecular weight excluding hydrogens is 294 g/mol. The molecular formula is C14H20BrNO2. The van der Waals surface area contributed by atoms with Crippen LogP contribution < -0.4 is 5.32 Å². The van der Waals surface area contributed by atoms with Crippen molar-refractivity contribution >= 4 is 27.6 Å². The molecule has 3 nitrogen and oxygen atoms in total. The number of carbonyl (C=O) groups excluding carboxylic acids is 1. The summed E-state index contributed by atoms with van der Waals surface area (Å²) < 4.78 is 4.69. The number of benzene rings is 1. The van der Waals surface area contributed by atoms with Gasteiger partial charge in [0.05, 0.1) is 7.11 Å². The molecule has 0 aliphatic rings. The molecule has 18 heavy (non-hydrogen) atoms. The lowest BCUT2D eigenvalue weighted by Crippen LogP contribution is -2.25. The van der Waals surface area contributed by atoms with Gasteiger partial charge in [-0.15, -0.1) is 0 Å². The quantitative estimate of drug-likeness (QED) is 0.647. The highest BCUT2D eigenvalue weighted by atomic mass is 79.9. The number of alkyl halides is 1. The Morgan fingerprint density at radius 3 is 2.33 bits per heavy atom. The number of ether oxygens (including phenoxy) is 1. The van der Waals surface area contributed by atoms with Crippen LogP contribution in [0.15, 0.2) is 18.2 Å². The highest BCUT2D eigenvalue weighted by Crippen LogP contribution is 2.23. The first-order chi connectivity index (χ1) is 8.63. The summed E-state index contributed by atoms with van der Waals surface area (Å²) in [5.41, 5.74) is 3.70. The first-order valence-corrected chi connectivity index (χ1v) is 7.12. The molecule has 0 spiro atoms. The van der Waals surface area contributed by atoms with Crippen LogP contribution in [0.2, 0.25) is 0 Å². The van der Waals surface area contributed by atoms with Crippen LogP contribution in [0.25, 0.3) is 0 Å². The number of hydrogen-bond donors (Lipinski definition) is 1. The monoisotopic (exact) mass is 313 g/mol. The van der Waals surface area contributed by atoms with Crippen molar-refractivity contribution < 1.29 is 9.53 Å². The van der Waals surface area contributed by atoms with Crippen LogP contribution in [0.1, 0.15) is 25.0 Å². The molecule has 0 radical (unpaired) electrons. The van der Waals surface area contributed by atoms with Crippen LogP contribution in [0, 0.1) is 0 Å². The van der Waals surface area contributed by atoms with Gasteiger partial charge < -0.3 is 10.1 Å². The Labute approximate surface area is 117 Å². The average molecular weight is 314 g/mol. The van der Waals surface area contributed by atoms with Gasteiger partial charge in [0.15, 0.2) is 0 Å². The molecule has 0 amide bonds. The molecule has 1 rings (SSSR count). The van der Waals surface area contributed by atoms with Gasteiger partial charge in [0.1, 0.15) is 4.83 Å². The highest BCUT2D eigenvalue weighted by molar-refractivity contribution is 9.10. The fraction of sp³-hybridized carbons (Fsp3) is 0.500. The van der Waals surface area contributed by atoms with Crippen molar-refractivity contribution in [1.82, 2.24) is 0 Å². The minimum absolute atomic E-state index is 0.255. The number of rotatable bonds is 6. The molecule has 1 N–H and O–H groups in total. The number of anilines is 1. The van der Waals surface area contributed by atoms with E-state index in [2.05, 4.69) is 58.0 Å². The minimum atomic E-state index is -0.322. The number of methoxy groups -OCH3 is 1. The van der Waals surface area contributed by atoms with Crippen molar-refractivity contribution in [2.75, 3.05) is 19.0 Å². The summed E-state index contributed by atoms with van der Waals surface area (Å²) in [4.78, 5) is 11.0. The lowest BCUT2D eigenvalue weighted by Gasteiger charge is -2.16. The zero-order valence-electron chi connectivity index (χ0n) is 11.1. The molecule has 0 saturated heterocycles. The van der Waals surface area contributed by atoms with Crippen LogP contribution in [-0.4, -0.2) is 24.5 Å². The van der Waals surface area contributed by atoms with Gasteiger partial charge >= 0.3 is 5.97 Å². The molecule has 1 aromatic rings. The molecule has 0 heterocycles. The Morgan fingerprint density at radius 2 is 1.89 bits per heavy atom. The second-order valence-corrected chi connectivity index (χ2v) is 5.14. The van der Waals surface area contributed by atoms with E-state index in [4.69, 9.17) is 0 Å². The van der Waals surface area contributed by atoms with Crippen LogP contribution in [-0.2, 0) is 22.4 Å². The van der Waals surface area contributed by atoms with Gasteiger partial charge in [-0.05, 0) is 24.0 Å². The van der Waals surface area contributed by atoms with Gasteiger partial charge in [-0.25, -0.2) is 0 Å². The van der Waals surface area contributed by atoms with E-state index in [0.717, 1.165) is 18.5 Å². The largest absolute Gasteiger partial charge is 0.468 e. The number of nitrogens with one attached hydrogen (secondary N) is 1. The van der Waals surface area contributed by atoms with Crippen molar-refractivity contribution in [2.24, 2.45) is 0 Å². The molecule has 1 atom stereocenters. The topological polar surface area (TPSA) is 38.3 Å². The lowest BCUT2D eigenvalue weighted by atomic mass is 10.0. The third-order valence-electron chi connectivity index (χ3n) is 2.91. The number of hydrogen-bond acceptors (Lipinski definition) is 3. The Morgan fingerprint density at radius 1 is 1.33 bits per heavy atom. The fourth-order valence-electron chi connectivity index (χ4n) is 1.87. The number of halogens is 1. The summed E-state index contributed by atoms with van der Waals surface area (Å²) in [6.07, 6.45) is 1.95. The summed E-state index contributed by atoms with van der Waals surface area (Å²) in [6, 6.07) is 6.31. The summed E-state index contributed by atoms with van der Waals surface area (Å²) in [5.74, 6) is -0.255. The summed E-state index contributed by atoms with van der Waals surface area (Å²) in [6.45, 7) is 4.79. The lowest BCUT2D eigenvalue weighted by molar-refractivity contribution is -0.139. The molecule has 1 aromatic carbocycles. The van der Waals surface area contributed by atoms with E-state index in [1.165, 1.54) is 18.2 Å². The maximum atomic E-state index is 11.3. The first kappa shape index (κ1) is 15.0. The second kappa shape index (κ2) is 7.41. The maximum Gasteiger partial charge on any atom is 0.321 e. The van der Waals surface area contributed by atoms with E-state index in [9.17, 15) is 4.79 Å². The van der Waals surface area contributed by atoms with Crippen molar-refractivity contribution in [3.63, 3.8) is 0 Å². The normalized spacial score (nSPS) is 12.0. The summed E-state index contributed by atoms with van der Waals surface area (Å²) in [5, 5.41) is 3.35. The molecule has 0 aliphatic carbocycles. The van der Waals surface area contributed by atoms with E-state index in [1.807, 2.05) is 0 Å². The second-order valence-electron chi connectivity index (χ2n) is 4.03. The summed E-state index contributed by atoms with van der Waals surface area (Å²) in [7, 11) is 1.40. The van der Waals surface area contributed by atoms with Gasteiger partial charge in [0, 0.05) is 12.2 Å².